The molecule has 1 aliphatic rings. The van der Waals surface area contributed by atoms with Crippen molar-refractivity contribution in [1.82, 2.24) is 10.2 Å². The number of carboxylic acids is 1. The molecule has 1 aromatic heterocycles. The number of carbonyl (C=O) groups is 1. The van der Waals surface area contributed by atoms with Crippen molar-refractivity contribution < 1.29 is 14.6 Å². The zero-order valence-corrected chi connectivity index (χ0v) is 11.7. The summed E-state index contributed by atoms with van der Waals surface area (Å²) in [5, 5.41) is 17.6. The molecule has 6 heteroatoms. The molecule has 1 N–H and O–H groups in total. The smallest absolute Gasteiger partial charge is 0.339 e. The van der Waals surface area contributed by atoms with Crippen molar-refractivity contribution >= 4 is 11.8 Å². The predicted molar refractivity (Wildman–Crippen MR) is 70.7 cm³/mol. The number of morpholine rings is 1. The quantitative estimate of drug-likeness (QED) is 0.871. The van der Waals surface area contributed by atoms with Crippen molar-refractivity contribution in [2.24, 2.45) is 0 Å². The first-order valence-corrected chi connectivity index (χ1v) is 6.27. The number of aromatic carboxylic acids is 1. The van der Waals surface area contributed by atoms with Crippen LogP contribution < -0.4 is 4.90 Å². The zero-order chi connectivity index (χ0) is 14.2. The fourth-order valence-corrected chi connectivity index (χ4v) is 2.29. The molecule has 0 aliphatic carbocycles. The van der Waals surface area contributed by atoms with E-state index in [1.54, 1.807) is 13.8 Å². The second-order valence-electron chi connectivity index (χ2n) is 5.43. The van der Waals surface area contributed by atoms with Crippen LogP contribution in [0.3, 0.4) is 0 Å². The maximum absolute atomic E-state index is 11.5. The zero-order valence-electron chi connectivity index (χ0n) is 11.7. The summed E-state index contributed by atoms with van der Waals surface area (Å²) in [6, 6.07) is 0. The monoisotopic (exact) mass is 265 g/mol. The number of hydrogen-bond acceptors (Lipinski definition) is 5. The molecule has 6 nitrogen and oxygen atoms in total. The third kappa shape index (κ3) is 2.40. The molecule has 0 aromatic carbocycles. The highest BCUT2D eigenvalue weighted by molar-refractivity contribution is 5.95. The Hall–Kier alpha value is -1.69. The van der Waals surface area contributed by atoms with Crippen LogP contribution in [0, 0.1) is 13.8 Å². The van der Waals surface area contributed by atoms with Gasteiger partial charge in [0.15, 0.2) is 5.82 Å². The Balaban J connectivity index is 2.56. The normalized spacial score (nSPS) is 18.4. The van der Waals surface area contributed by atoms with Crippen molar-refractivity contribution in [3.8, 4) is 0 Å². The van der Waals surface area contributed by atoms with Crippen molar-refractivity contribution in [3.63, 3.8) is 0 Å². The van der Waals surface area contributed by atoms with E-state index in [1.807, 2.05) is 18.7 Å². The van der Waals surface area contributed by atoms with Gasteiger partial charge in [-0.1, -0.05) is 0 Å². The van der Waals surface area contributed by atoms with Crippen LogP contribution in [-0.2, 0) is 4.74 Å². The van der Waals surface area contributed by atoms with E-state index >= 15 is 0 Å². The molecule has 2 heterocycles. The highest BCUT2D eigenvalue weighted by atomic mass is 16.5. The van der Waals surface area contributed by atoms with Gasteiger partial charge < -0.3 is 14.7 Å². The topological polar surface area (TPSA) is 75.5 Å². The van der Waals surface area contributed by atoms with Gasteiger partial charge in [0.25, 0.3) is 0 Å². The van der Waals surface area contributed by atoms with Gasteiger partial charge in [0, 0.05) is 6.54 Å². The van der Waals surface area contributed by atoms with Crippen LogP contribution in [0.4, 0.5) is 5.82 Å². The Morgan fingerprint density at radius 3 is 2.63 bits per heavy atom. The molecular formula is C13H19N3O3. The number of aromatic nitrogens is 2. The van der Waals surface area contributed by atoms with Crippen LogP contribution in [-0.4, -0.2) is 46.6 Å². The van der Waals surface area contributed by atoms with Crippen molar-refractivity contribution in [2.45, 2.75) is 33.2 Å². The van der Waals surface area contributed by atoms with Crippen LogP contribution in [0.5, 0.6) is 0 Å². The molecule has 0 unspecified atom stereocenters. The fraction of sp³-hybridized carbons (Fsp3) is 0.615. The molecular weight excluding hydrogens is 246 g/mol. The van der Waals surface area contributed by atoms with E-state index in [4.69, 9.17) is 4.74 Å². The molecule has 0 radical (unpaired) electrons. The predicted octanol–water partition coefficient (Wildman–Crippen LogP) is 1.41. The van der Waals surface area contributed by atoms with Gasteiger partial charge in [0.2, 0.25) is 0 Å². The minimum absolute atomic E-state index is 0.238. The summed E-state index contributed by atoms with van der Waals surface area (Å²) in [6.45, 7) is 9.28. The van der Waals surface area contributed by atoms with E-state index in [0.717, 1.165) is 0 Å². The summed E-state index contributed by atoms with van der Waals surface area (Å²) in [6.07, 6.45) is 0. The SMILES string of the molecule is Cc1nnc(N2CCOCC2(C)C)c(C(=O)O)c1C. The van der Waals surface area contributed by atoms with Crippen LogP contribution in [0.1, 0.15) is 35.5 Å². The molecule has 2 rings (SSSR count). The van der Waals surface area contributed by atoms with E-state index in [0.29, 0.717) is 36.8 Å². The summed E-state index contributed by atoms with van der Waals surface area (Å²) < 4.78 is 5.45. The Kier molecular flexibility index (Phi) is 3.45. The lowest BCUT2D eigenvalue weighted by Gasteiger charge is -2.43. The molecule has 0 bridgehead atoms. The number of anilines is 1. The lowest BCUT2D eigenvalue weighted by molar-refractivity contribution is 0.0622. The van der Waals surface area contributed by atoms with Gasteiger partial charge in [-0.25, -0.2) is 4.79 Å². The van der Waals surface area contributed by atoms with Crippen LogP contribution in [0.2, 0.25) is 0 Å². The molecule has 0 amide bonds. The summed E-state index contributed by atoms with van der Waals surface area (Å²) >= 11 is 0. The average Bonchev–Trinajstić information content (AvgIpc) is 2.32. The highest BCUT2D eigenvalue weighted by Gasteiger charge is 2.35. The van der Waals surface area contributed by atoms with E-state index in [9.17, 15) is 9.90 Å². The number of nitrogens with zero attached hydrogens (tertiary/aromatic N) is 3. The first kappa shape index (κ1) is 13.7. The van der Waals surface area contributed by atoms with Gasteiger partial charge in [0.05, 0.1) is 24.4 Å². The molecule has 0 spiro atoms. The third-order valence-corrected chi connectivity index (χ3v) is 3.55. The maximum atomic E-state index is 11.5. The third-order valence-electron chi connectivity index (χ3n) is 3.55. The second-order valence-corrected chi connectivity index (χ2v) is 5.43. The number of hydrogen-bond donors (Lipinski definition) is 1. The Morgan fingerprint density at radius 2 is 2.05 bits per heavy atom. The molecule has 1 aromatic rings. The number of rotatable bonds is 2. The molecule has 104 valence electrons. The highest BCUT2D eigenvalue weighted by Crippen LogP contribution is 2.29. The molecule has 0 saturated carbocycles. The standard InChI is InChI=1S/C13H19N3O3/c1-8-9(2)14-15-11(10(8)12(17)18)16-5-6-19-7-13(16,3)4/h5-7H2,1-4H3,(H,17,18). The average molecular weight is 265 g/mol. The number of carboxylic acid groups (broad SMARTS) is 1. The molecule has 1 aliphatic heterocycles. The van der Waals surface area contributed by atoms with Crippen molar-refractivity contribution in [3.05, 3.63) is 16.8 Å². The van der Waals surface area contributed by atoms with Crippen LogP contribution in [0.25, 0.3) is 0 Å². The number of aryl methyl sites for hydroxylation is 1. The van der Waals surface area contributed by atoms with Crippen LogP contribution >= 0.6 is 0 Å². The van der Waals surface area contributed by atoms with Gasteiger partial charge in [-0.05, 0) is 33.3 Å². The van der Waals surface area contributed by atoms with E-state index in [2.05, 4.69) is 10.2 Å². The molecule has 19 heavy (non-hydrogen) atoms. The Bertz CT molecular complexity index is 514. The van der Waals surface area contributed by atoms with Gasteiger partial charge in [0.1, 0.15) is 5.56 Å². The first-order chi connectivity index (χ1) is 8.84. The fourth-order valence-electron chi connectivity index (χ4n) is 2.29. The minimum Gasteiger partial charge on any atom is -0.478 e. The van der Waals surface area contributed by atoms with E-state index in [-0.39, 0.29) is 11.1 Å². The van der Waals surface area contributed by atoms with Gasteiger partial charge in [-0.3, -0.25) is 0 Å². The van der Waals surface area contributed by atoms with E-state index in [1.165, 1.54) is 0 Å². The summed E-state index contributed by atoms with van der Waals surface area (Å²) in [4.78, 5) is 13.5. The maximum Gasteiger partial charge on any atom is 0.339 e. The lowest BCUT2D eigenvalue weighted by Crippen LogP contribution is -2.54. The van der Waals surface area contributed by atoms with E-state index < -0.39 is 5.97 Å². The summed E-state index contributed by atoms with van der Waals surface area (Å²) in [7, 11) is 0. The largest absolute Gasteiger partial charge is 0.478 e. The molecule has 0 atom stereocenters. The number of ether oxygens (including phenoxy) is 1. The van der Waals surface area contributed by atoms with Gasteiger partial charge >= 0.3 is 5.97 Å². The van der Waals surface area contributed by atoms with Crippen molar-refractivity contribution in [1.29, 1.82) is 0 Å². The molecule has 1 fully saturated rings. The van der Waals surface area contributed by atoms with Crippen LogP contribution in [0.15, 0.2) is 0 Å². The lowest BCUT2D eigenvalue weighted by atomic mass is 10.0. The van der Waals surface area contributed by atoms with Crippen molar-refractivity contribution in [2.75, 3.05) is 24.7 Å². The molecule has 1 saturated heterocycles. The minimum atomic E-state index is -0.965. The van der Waals surface area contributed by atoms with Gasteiger partial charge in [-0.2, -0.15) is 5.10 Å². The summed E-state index contributed by atoms with van der Waals surface area (Å²) in [5.74, 6) is -0.531. The Labute approximate surface area is 112 Å². The van der Waals surface area contributed by atoms with Gasteiger partial charge in [-0.15, -0.1) is 5.10 Å². The second kappa shape index (κ2) is 4.77. The summed E-state index contributed by atoms with van der Waals surface area (Å²) in [5.41, 5.74) is 1.26. The first-order valence-electron chi connectivity index (χ1n) is 6.27. The Morgan fingerprint density at radius 1 is 1.37 bits per heavy atom.